The highest BCUT2D eigenvalue weighted by molar-refractivity contribution is 6.04. The topological polar surface area (TPSA) is 99.7 Å². The van der Waals surface area contributed by atoms with Gasteiger partial charge in [-0.1, -0.05) is 42.0 Å². The first-order valence-electron chi connectivity index (χ1n) is 10.5. The summed E-state index contributed by atoms with van der Waals surface area (Å²) in [6.07, 6.45) is 0. The molecule has 7 nitrogen and oxygen atoms in total. The molecule has 0 atom stereocenters. The van der Waals surface area contributed by atoms with Crippen molar-refractivity contribution in [2.24, 2.45) is 0 Å². The molecule has 0 heterocycles. The number of nitrogens with one attached hydrogen (secondary N) is 3. The molecule has 3 rings (SSSR count). The Hall–Kier alpha value is -3.91. The number of aliphatic hydroxyl groups is 1. The molecule has 172 valence electrons. The fraction of sp³-hybridized carbons (Fsp3) is 0.200. The van der Waals surface area contributed by atoms with Crippen molar-refractivity contribution in [3.8, 4) is 5.75 Å². The minimum absolute atomic E-state index is 0.00456. The van der Waals surface area contributed by atoms with Crippen molar-refractivity contribution in [2.75, 3.05) is 30.4 Å². The Bertz CT molecular complexity index is 1100. The average Bonchev–Trinajstić information content (AvgIpc) is 2.82. The van der Waals surface area contributed by atoms with Crippen LogP contribution in [0.25, 0.3) is 0 Å². The Balaban J connectivity index is 1.60. The van der Waals surface area contributed by atoms with Crippen LogP contribution >= 0.6 is 0 Å². The molecule has 4 N–H and O–H groups in total. The van der Waals surface area contributed by atoms with Crippen LogP contribution in [0.15, 0.2) is 66.7 Å². The maximum Gasteiger partial charge on any atom is 0.253 e. The quantitative estimate of drug-likeness (QED) is 0.378. The standard InChI is InChI=1S/C25H26FN3O4/c1-17-6-8-18(9-7-17)15-28-25(32)20-4-2-3-5-21(20)29-24(31)16-27-22-11-10-19(26)14-23(22)33-13-12-30/h2-11,14,27,30H,12-13,15-16H2,1H3,(H,28,32)(H,29,31). The number of rotatable bonds is 10. The second-order valence-corrected chi connectivity index (χ2v) is 7.33. The van der Waals surface area contributed by atoms with E-state index in [0.717, 1.165) is 11.1 Å². The van der Waals surface area contributed by atoms with Gasteiger partial charge < -0.3 is 25.8 Å². The maximum absolute atomic E-state index is 13.5. The number of benzene rings is 3. The number of aryl methyl sites for hydroxylation is 1. The fourth-order valence-electron chi connectivity index (χ4n) is 3.06. The number of carbonyl (C=O) groups is 2. The Kier molecular flexibility index (Phi) is 8.37. The lowest BCUT2D eigenvalue weighted by atomic mass is 10.1. The Morgan fingerprint density at radius 3 is 2.52 bits per heavy atom. The number of ether oxygens (including phenoxy) is 1. The minimum atomic E-state index is -0.497. The Morgan fingerprint density at radius 2 is 1.76 bits per heavy atom. The number of anilines is 2. The van der Waals surface area contributed by atoms with E-state index in [1.54, 1.807) is 24.3 Å². The lowest BCUT2D eigenvalue weighted by Crippen LogP contribution is -2.27. The van der Waals surface area contributed by atoms with Crippen LogP contribution < -0.4 is 20.7 Å². The van der Waals surface area contributed by atoms with Crippen LogP contribution in [0.1, 0.15) is 21.5 Å². The Labute approximate surface area is 191 Å². The fourth-order valence-corrected chi connectivity index (χ4v) is 3.06. The zero-order valence-corrected chi connectivity index (χ0v) is 18.2. The predicted octanol–water partition coefficient (Wildman–Crippen LogP) is 3.49. The number of hydrogen-bond donors (Lipinski definition) is 4. The second-order valence-electron chi connectivity index (χ2n) is 7.33. The predicted molar refractivity (Wildman–Crippen MR) is 125 cm³/mol. The van der Waals surface area contributed by atoms with Gasteiger partial charge in [-0.2, -0.15) is 0 Å². The molecule has 8 heteroatoms. The number of para-hydroxylation sites is 1. The summed E-state index contributed by atoms with van der Waals surface area (Å²) >= 11 is 0. The third-order valence-corrected chi connectivity index (χ3v) is 4.75. The molecule has 3 aromatic carbocycles. The summed E-state index contributed by atoms with van der Waals surface area (Å²) in [4.78, 5) is 25.2. The molecule has 0 fully saturated rings. The summed E-state index contributed by atoms with van der Waals surface area (Å²) < 4.78 is 18.8. The minimum Gasteiger partial charge on any atom is -0.489 e. The molecular weight excluding hydrogens is 425 g/mol. The number of hydrogen-bond acceptors (Lipinski definition) is 5. The van der Waals surface area contributed by atoms with E-state index in [-0.39, 0.29) is 31.4 Å². The van der Waals surface area contributed by atoms with E-state index < -0.39 is 11.7 Å². The average molecular weight is 451 g/mol. The van der Waals surface area contributed by atoms with Crippen LogP contribution in [0.3, 0.4) is 0 Å². The van der Waals surface area contributed by atoms with E-state index in [4.69, 9.17) is 9.84 Å². The van der Waals surface area contributed by atoms with Crippen molar-refractivity contribution in [1.82, 2.24) is 5.32 Å². The molecule has 0 aliphatic heterocycles. The largest absolute Gasteiger partial charge is 0.489 e. The monoisotopic (exact) mass is 451 g/mol. The second kappa shape index (κ2) is 11.6. The van der Waals surface area contributed by atoms with Crippen LogP contribution in [-0.2, 0) is 11.3 Å². The molecule has 0 radical (unpaired) electrons. The van der Waals surface area contributed by atoms with Gasteiger partial charge in [0.2, 0.25) is 5.91 Å². The van der Waals surface area contributed by atoms with Gasteiger partial charge in [-0.3, -0.25) is 9.59 Å². The smallest absolute Gasteiger partial charge is 0.253 e. The molecule has 0 aromatic heterocycles. The molecule has 0 spiro atoms. The van der Waals surface area contributed by atoms with Gasteiger partial charge in [0.1, 0.15) is 18.2 Å². The van der Waals surface area contributed by atoms with Gasteiger partial charge in [0.25, 0.3) is 5.91 Å². The first-order valence-corrected chi connectivity index (χ1v) is 10.5. The molecule has 0 saturated heterocycles. The summed E-state index contributed by atoms with van der Waals surface area (Å²) in [7, 11) is 0. The van der Waals surface area contributed by atoms with Crippen molar-refractivity contribution in [3.63, 3.8) is 0 Å². The van der Waals surface area contributed by atoms with Gasteiger partial charge in [-0.25, -0.2) is 4.39 Å². The van der Waals surface area contributed by atoms with Crippen LogP contribution in [-0.4, -0.2) is 36.7 Å². The van der Waals surface area contributed by atoms with Crippen LogP contribution in [0.5, 0.6) is 5.75 Å². The third-order valence-electron chi connectivity index (χ3n) is 4.75. The highest BCUT2D eigenvalue weighted by Gasteiger charge is 2.14. The number of carbonyl (C=O) groups excluding carboxylic acids is 2. The van der Waals surface area contributed by atoms with Crippen LogP contribution in [0, 0.1) is 12.7 Å². The van der Waals surface area contributed by atoms with E-state index >= 15 is 0 Å². The summed E-state index contributed by atoms with van der Waals surface area (Å²) in [5.41, 5.74) is 3.23. The summed E-state index contributed by atoms with van der Waals surface area (Å²) in [5, 5.41) is 17.4. The molecule has 3 aromatic rings. The lowest BCUT2D eigenvalue weighted by Gasteiger charge is -2.14. The van der Waals surface area contributed by atoms with Gasteiger partial charge in [-0.15, -0.1) is 0 Å². The third kappa shape index (κ3) is 7.05. The molecule has 33 heavy (non-hydrogen) atoms. The first kappa shape index (κ1) is 23.7. The van der Waals surface area contributed by atoms with Gasteiger partial charge >= 0.3 is 0 Å². The molecule has 0 aliphatic carbocycles. The van der Waals surface area contributed by atoms with Crippen LogP contribution in [0.4, 0.5) is 15.8 Å². The van der Waals surface area contributed by atoms with Crippen molar-refractivity contribution in [2.45, 2.75) is 13.5 Å². The molecule has 0 bridgehead atoms. The van der Waals surface area contributed by atoms with Gasteiger partial charge in [0.05, 0.1) is 30.1 Å². The lowest BCUT2D eigenvalue weighted by molar-refractivity contribution is -0.114. The maximum atomic E-state index is 13.5. The summed E-state index contributed by atoms with van der Waals surface area (Å²) in [5.74, 6) is -1.01. The zero-order valence-electron chi connectivity index (χ0n) is 18.2. The van der Waals surface area contributed by atoms with E-state index in [1.807, 2.05) is 31.2 Å². The number of amides is 2. The van der Waals surface area contributed by atoms with Gasteiger partial charge in [0.15, 0.2) is 0 Å². The molecule has 2 amide bonds. The normalized spacial score (nSPS) is 10.4. The molecular formula is C25H26FN3O4. The van der Waals surface area contributed by atoms with Crippen molar-refractivity contribution in [1.29, 1.82) is 0 Å². The van der Waals surface area contributed by atoms with E-state index in [9.17, 15) is 14.0 Å². The van der Waals surface area contributed by atoms with Crippen molar-refractivity contribution >= 4 is 23.2 Å². The SMILES string of the molecule is Cc1ccc(CNC(=O)c2ccccc2NC(=O)CNc2ccc(F)cc2OCCO)cc1. The van der Waals surface area contributed by atoms with E-state index in [0.29, 0.717) is 23.5 Å². The summed E-state index contributed by atoms with van der Waals surface area (Å²) in [6, 6.07) is 18.4. The molecule has 0 aliphatic rings. The van der Waals surface area contributed by atoms with Crippen molar-refractivity contribution in [3.05, 3.63) is 89.2 Å². The number of aliphatic hydroxyl groups excluding tert-OH is 1. The van der Waals surface area contributed by atoms with Gasteiger partial charge in [0, 0.05) is 12.6 Å². The van der Waals surface area contributed by atoms with E-state index in [2.05, 4.69) is 16.0 Å². The van der Waals surface area contributed by atoms with Crippen LogP contribution in [0.2, 0.25) is 0 Å². The molecule has 0 unspecified atom stereocenters. The van der Waals surface area contributed by atoms with E-state index in [1.165, 1.54) is 18.2 Å². The Morgan fingerprint density at radius 1 is 1.00 bits per heavy atom. The number of halogens is 1. The molecule has 0 saturated carbocycles. The first-order chi connectivity index (χ1) is 16.0. The van der Waals surface area contributed by atoms with Gasteiger partial charge in [-0.05, 0) is 36.8 Å². The highest BCUT2D eigenvalue weighted by atomic mass is 19.1. The summed E-state index contributed by atoms with van der Waals surface area (Å²) in [6.45, 7) is 1.99. The highest BCUT2D eigenvalue weighted by Crippen LogP contribution is 2.25. The van der Waals surface area contributed by atoms with Crippen molar-refractivity contribution < 1.29 is 23.8 Å². The zero-order chi connectivity index (χ0) is 23.6.